The molecule has 7 nitrogen and oxygen atoms in total. The number of nitrogens with one attached hydrogen (secondary N) is 1. The number of hydrogen-bond donors (Lipinski definition) is 2. The molecule has 0 saturated heterocycles. The normalized spacial score (nSPS) is 18.5. The van der Waals surface area contributed by atoms with Crippen molar-refractivity contribution in [2.45, 2.75) is 68.1 Å². The number of carboxylic acid groups (broad SMARTS) is 1. The Balaban J connectivity index is 1.60. The molecule has 1 aliphatic carbocycles. The number of carbonyl (C=O) groups excluding carboxylic acids is 1. The van der Waals surface area contributed by atoms with E-state index in [9.17, 15) is 14.7 Å². The molecule has 0 spiro atoms. The third kappa shape index (κ3) is 7.60. The molecule has 34 heavy (non-hydrogen) atoms. The predicted molar refractivity (Wildman–Crippen MR) is 138 cm³/mol. The van der Waals surface area contributed by atoms with E-state index in [-0.39, 0.29) is 12.1 Å². The highest BCUT2D eigenvalue weighted by Gasteiger charge is 2.30. The van der Waals surface area contributed by atoms with E-state index in [0.29, 0.717) is 35.8 Å². The average Bonchev–Trinajstić information content (AvgIpc) is 3.21. The zero-order valence-electron chi connectivity index (χ0n) is 19.8. The molecule has 0 aliphatic heterocycles. The van der Waals surface area contributed by atoms with Gasteiger partial charge < -0.3 is 14.7 Å². The Bertz CT molecular complexity index is 977. The Morgan fingerprint density at radius 3 is 2.68 bits per heavy atom. The fraction of sp³-hybridized carbons (Fsp3) is 0.542. The number of hydrogen-bond acceptors (Lipinski definition) is 6. The minimum Gasteiger partial charge on any atom is -0.480 e. The van der Waals surface area contributed by atoms with Crippen molar-refractivity contribution in [1.29, 1.82) is 0 Å². The number of ether oxygens (including phenoxy) is 1. The topological polar surface area (TPSA) is 91.8 Å². The first kappa shape index (κ1) is 26.8. The molecule has 1 aliphatic rings. The third-order valence-electron chi connectivity index (χ3n) is 5.95. The molecule has 2 amide bonds. The molecular weight excluding hydrogens is 494 g/mol. The van der Waals surface area contributed by atoms with E-state index in [1.807, 2.05) is 29.2 Å². The van der Waals surface area contributed by atoms with Gasteiger partial charge in [-0.2, -0.15) is 0 Å². The summed E-state index contributed by atoms with van der Waals surface area (Å²) in [6.45, 7) is 6.80. The van der Waals surface area contributed by atoms with Crippen molar-refractivity contribution in [2.75, 3.05) is 18.5 Å². The number of halogens is 1. The van der Waals surface area contributed by atoms with E-state index in [1.165, 1.54) is 23.1 Å². The van der Waals surface area contributed by atoms with Crippen LogP contribution in [0.25, 0.3) is 0 Å². The smallest absolute Gasteiger partial charge is 0.323 e. The molecule has 2 N–H and O–H groups in total. The first-order valence-corrected chi connectivity index (χ1v) is 13.4. The van der Waals surface area contributed by atoms with Gasteiger partial charge in [-0.1, -0.05) is 59.8 Å². The van der Waals surface area contributed by atoms with Crippen molar-refractivity contribution >= 4 is 51.8 Å². The van der Waals surface area contributed by atoms with Gasteiger partial charge in [0.15, 0.2) is 5.13 Å². The van der Waals surface area contributed by atoms with E-state index in [0.717, 1.165) is 35.5 Å². The molecule has 2 aromatic rings. The third-order valence-corrected chi connectivity index (χ3v) is 8.52. The first-order valence-electron chi connectivity index (χ1n) is 11.4. The van der Waals surface area contributed by atoms with Gasteiger partial charge in [0.05, 0.1) is 23.6 Å². The molecule has 0 atom stereocenters. The van der Waals surface area contributed by atoms with Crippen LogP contribution < -0.4 is 5.32 Å². The second-order valence-electron chi connectivity index (χ2n) is 9.08. The Morgan fingerprint density at radius 2 is 2.00 bits per heavy atom. The summed E-state index contributed by atoms with van der Waals surface area (Å²) in [6.07, 6.45) is 5.72. The van der Waals surface area contributed by atoms with Crippen LogP contribution in [0.1, 0.15) is 52.0 Å². The number of benzene rings is 1. The van der Waals surface area contributed by atoms with Gasteiger partial charge >= 0.3 is 12.0 Å². The lowest BCUT2D eigenvalue weighted by Crippen LogP contribution is -2.46. The van der Waals surface area contributed by atoms with Crippen molar-refractivity contribution in [3.63, 3.8) is 0 Å². The van der Waals surface area contributed by atoms with Crippen LogP contribution in [0.15, 0.2) is 34.7 Å². The number of thioether (sulfide) groups is 1. The minimum atomic E-state index is -0.975. The standard InChI is InChI=1S/C24H32ClN3O4S2/c1-16-8-10-18(11-9-16)28(12-13-32-15-17-6-4-5-7-19(17)25)23(31)27-22-26-14-20(33-22)34-24(2,3)21(29)30/h4-7,14,16,18H,8-13,15H2,1-3H3,(H,29,30)(H,26,27,31). The van der Waals surface area contributed by atoms with Gasteiger partial charge in [-0.25, -0.2) is 9.78 Å². The summed E-state index contributed by atoms with van der Waals surface area (Å²) < 4.78 is 5.61. The lowest BCUT2D eigenvalue weighted by molar-refractivity contribution is -0.138. The molecule has 186 valence electrons. The molecule has 10 heteroatoms. The van der Waals surface area contributed by atoms with E-state index >= 15 is 0 Å². The summed E-state index contributed by atoms with van der Waals surface area (Å²) in [6, 6.07) is 7.52. The van der Waals surface area contributed by atoms with Crippen LogP contribution in [-0.2, 0) is 16.1 Å². The maximum absolute atomic E-state index is 13.2. The van der Waals surface area contributed by atoms with Crippen LogP contribution in [0.2, 0.25) is 5.02 Å². The largest absolute Gasteiger partial charge is 0.480 e. The van der Waals surface area contributed by atoms with Crippen molar-refractivity contribution in [3.05, 3.63) is 41.0 Å². The molecule has 0 bridgehead atoms. The number of urea groups is 1. The van der Waals surface area contributed by atoms with Crippen LogP contribution in [0.5, 0.6) is 0 Å². The summed E-state index contributed by atoms with van der Waals surface area (Å²) >= 11 is 8.70. The molecule has 1 saturated carbocycles. The molecule has 1 fully saturated rings. The maximum Gasteiger partial charge on any atom is 0.323 e. The number of anilines is 1. The minimum absolute atomic E-state index is 0.153. The van der Waals surface area contributed by atoms with E-state index in [2.05, 4.69) is 17.2 Å². The summed E-state index contributed by atoms with van der Waals surface area (Å²) in [5.74, 6) is -0.222. The highest BCUT2D eigenvalue weighted by Crippen LogP contribution is 2.37. The van der Waals surface area contributed by atoms with E-state index in [1.54, 1.807) is 20.0 Å². The number of aliphatic carboxylic acids is 1. The summed E-state index contributed by atoms with van der Waals surface area (Å²) in [7, 11) is 0. The Hall–Kier alpha value is -1.81. The van der Waals surface area contributed by atoms with E-state index in [4.69, 9.17) is 16.3 Å². The van der Waals surface area contributed by atoms with Crippen molar-refractivity contribution < 1.29 is 19.4 Å². The van der Waals surface area contributed by atoms with Crippen molar-refractivity contribution in [2.24, 2.45) is 5.92 Å². The lowest BCUT2D eigenvalue weighted by Gasteiger charge is -2.36. The van der Waals surface area contributed by atoms with Crippen molar-refractivity contribution in [1.82, 2.24) is 9.88 Å². The summed E-state index contributed by atoms with van der Waals surface area (Å²) in [4.78, 5) is 30.8. The summed E-state index contributed by atoms with van der Waals surface area (Å²) in [5, 5.41) is 13.4. The fourth-order valence-corrected chi connectivity index (χ4v) is 6.24. The zero-order valence-corrected chi connectivity index (χ0v) is 22.1. The Morgan fingerprint density at radius 1 is 1.29 bits per heavy atom. The number of nitrogens with zero attached hydrogens (tertiary/aromatic N) is 2. The number of amides is 2. The lowest BCUT2D eigenvalue weighted by atomic mass is 9.86. The molecule has 1 aromatic heterocycles. The maximum atomic E-state index is 13.2. The van der Waals surface area contributed by atoms with Crippen LogP contribution in [-0.4, -0.2) is 50.9 Å². The SMILES string of the molecule is CC1CCC(N(CCOCc2ccccc2Cl)C(=O)Nc2ncc(SC(C)(C)C(=O)O)s2)CC1. The van der Waals surface area contributed by atoms with Crippen LogP contribution in [0, 0.1) is 5.92 Å². The van der Waals surface area contributed by atoms with Crippen LogP contribution in [0.4, 0.5) is 9.93 Å². The van der Waals surface area contributed by atoms with Gasteiger partial charge in [0, 0.05) is 17.6 Å². The molecule has 0 unspecified atom stereocenters. The number of carbonyl (C=O) groups is 2. The molecule has 1 aromatic carbocycles. The van der Waals surface area contributed by atoms with Gasteiger partial charge in [0.2, 0.25) is 0 Å². The van der Waals surface area contributed by atoms with Gasteiger partial charge in [-0.3, -0.25) is 10.1 Å². The quantitative estimate of drug-likeness (QED) is 0.276. The Labute approximate surface area is 214 Å². The molecule has 1 heterocycles. The Kier molecular flexibility index (Phi) is 9.65. The number of rotatable bonds is 10. The first-order chi connectivity index (χ1) is 16.2. The second kappa shape index (κ2) is 12.2. The van der Waals surface area contributed by atoms with E-state index < -0.39 is 10.7 Å². The number of thiazole rings is 1. The van der Waals surface area contributed by atoms with Gasteiger partial charge in [-0.05, 0) is 57.1 Å². The molecule has 0 radical (unpaired) electrons. The predicted octanol–water partition coefficient (Wildman–Crippen LogP) is 6.38. The molecular formula is C24H32ClN3O4S2. The highest BCUT2D eigenvalue weighted by atomic mass is 35.5. The number of aromatic nitrogens is 1. The van der Waals surface area contributed by atoms with Crippen LogP contribution >= 0.6 is 34.7 Å². The zero-order chi connectivity index (χ0) is 24.7. The van der Waals surface area contributed by atoms with Gasteiger partial charge in [0.1, 0.15) is 4.75 Å². The highest BCUT2D eigenvalue weighted by molar-refractivity contribution is 8.03. The monoisotopic (exact) mass is 525 g/mol. The average molecular weight is 526 g/mol. The molecule has 3 rings (SSSR count). The second-order valence-corrected chi connectivity index (χ2v) is 12.4. The van der Waals surface area contributed by atoms with Gasteiger partial charge in [0.25, 0.3) is 0 Å². The summed E-state index contributed by atoms with van der Waals surface area (Å²) in [5.41, 5.74) is 0.920. The van der Waals surface area contributed by atoms with Crippen LogP contribution in [0.3, 0.4) is 0 Å². The van der Waals surface area contributed by atoms with Crippen molar-refractivity contribution in [3.8, 4) is 0 Å². The fourth-order valence-electron chi connectivity index (χ4n) is 3.79. The number of carboxylic acids is 1. The van der Waals surface area contributed by atoms with Gasteiger partial charge in [-0.15, -0.1) is 0 Å².